The van der Waals surface area contributed by atoms with E-state index in [0.29, 0.717) is 67.7 Å². The number of rotatable bonds is 13. The van der Waals surface area contributed by atoms with E-state index >= 15 is 0 Å². The summed E-state index contributed by atoms with van der Waals surface area (Å²) in [6.07, 6.45) is -0.268. The topological polar surface area (TPSA) is 130 Å². The number of halogens is 1. The van der Waals surface area contributed by atoms with E-state index in [1.54, 1.807) is 30.9 Å². The zero-order valence-corrected chi connectivity index (χ0v) is 33.2. The molecule has 0 spiro atoms. The lowest BCUT2D eigenvalue weighted by molar-refractivity contribution is 0.0136. The first-order valence-electron chi connectivity index (χ1n) is 18.0. The number of esters is 2. The molecule has 0 N–H and O–H groups in total. The number of piperazine rings is 1. The predicted octanol–water partition coefficient (Wildman–Crippen LogP) is 7.56. The molecule has 12 nitrogen and oxygen atoms in total. The van der Waals surface area contributed by atoms with Crippen molar-refractivity contribution < 1.29 is 38.1 Å². The molecule has 0 radical (unpaired) electrons. The predicted molar refractivity (Wildman–Crippen MR) is 210 cm³/mol. The quantitative estimate of drug-likeness (QED) is 0.0755. The number of carbonyl (C=O) groups excluding carboxylic acids is 3. The van der Waals surface area contributed by atoms with Gasteiger partial charge in [-0.15, -0.1) is 0 Å². The van der Waals surface area contributed by atoms with Gasteiger partial charge in [-0.25, -0.2) is 24.4 Å². The van der Waals surface area contributed by atoms with Crippen molar-refractivity contribution in [2.75, 3.05) is 64.5 Å². The van der Waals surface area contributed by atoms with Crippen LogP contribution in [0.4, 0.5) is 4.79 Å². The van der Waals surface area contributed by atoms with Gasteiger partial charge in [0, 0.05) is 73.4 Å². The largest absolute Gasteiger partial charge is 0.493 e. The second-order valence-electron chi connectivity index (χ2n) is 13.0. The Balaban J connectivity index is 0.000000266. The van der Waals surface area contributed by atoms with Crippen molar-refractivity contribution in [2.24, 2.45) is 0 Å². The van der Waals surface area contributed by atoms with Crippen LogP contribution in [0.5, 0.6) is 11.5 Å². The molecule has 13 heteroatoms. The van der Waals surface area contributed by atoms with Crippen LogP contribution < -0.4 is 9.47 Å². The van der Waals surface area contributed by atoms with E-state index in [4.69, 9.17) is 23.7 Å². The van der Waals surface area contributed by atoms with Crippen LogP contribution in [-0.2, 0) is 14.2 Å². The van der Waals surface area contributed by atoms with Gasteiger partial charge in [-0.3, -0.25) is 4.90 Å². The maximum absolute atomic E-state index is 12.3. The van der Waals surface area contributed by atoms with Crippen molar-refractivity contribution in [3.63, 3.8) is 0 Å². The Hall–Kier alpha value is -5.01. The van der Waals surface area contributed by atoms with Crippen molar-refractivity contribution in [1.82, 2.24) is 19.8 Å². The standard InChI is InChI=1S/C25H33N3O5.C16H16BrNO3/c1-5-31-23(29)22-18-20(17-21(26-22)19-9-7-6-8-10-19)32-16-15-27-11-13-28(14-12-27)24(30)33-25(2,3)4;1-2-20-16(19)15-11-13(21-9-8-17)10-14(18-15)12-6-4-3-5-7-12/h6-10,17-18H,5,11-16H2,1-4H3;3-7,10-11H,2,8-9H2,1H3. The summed E-state index contributed by atoms with van der Waals surface area (Å²) < 4.78 is 27.2. The van der Waals surface area contributed by atoms with Gasteiger partial charge in [0.15, 0.2) is 11.4 Å². The summed E-state index contributed by atoms with van der Waals surface area (Å²) in [5.74, 6) is 0.253. The molecule has 0 unspecified atom stereocenters. The van der Waals surface area contributed by atoms with E-state index in [1.807, 2.05) is 93.6 Å². The third-order valence-corrected chi connectivity index (χ3v) is 8.08. The summed E-state index contributed by atoms with van der Waals surface area (Å²) in [5.41, 5.74) is 3.14. The number of aromatic nitrogens is 2. The highest BCUT2D eigenvalue weighted by Gasteiger charge is 2.26. The molecule has 2 aromatic carbocycles. The van der Waals surface area contributed by atoms with Gasteiger partial charge in [-0.2, -0.15) is 0 Å². The SMILES string of the molecule is CCOC(=O)c1cc(OCCBr)cc(-c2ccccc2)n1.CCOC(=O)c1cc(OCCN2CCN(C(=O)OC(C)(C)C)CC2)cc(-c2ccccc2)n1. The molecule has 0 saturated carbocycles. The molecule has 1 aliphatic rings. The summed E-state index contributed by atoms with van der Waals surface area (Å²) in [6.45, 7) is 14.1. The molecule has 3 heterocycles. The summed E-state index contributed by atoms with van der Waals surface area (Å²) >= 11 is 3.31. The van der Waals surface area contributed by atoms with Crippen LogP contribution in [0.2, 0.25) is 0 Å². The lowest BCUT2D eigenvalue weighted by Crippen LogP contribution is -2.50. The summed E-state index contributed by atoms with van der Waals surface area (Å²) in [5, 5.41) is 0.713. The number of benzene rings is 2. The Labute approximate surface area is 325 Å². The minimum absolute atomic E-state index is 0.221. The second-order valence-corrected chi connectivity index (χ2v) is 13.8. The number of ether oxygens (including phenoxy) is 5. The van der Waals surface area contributed by atoms with Gasteiger partial charge in [0.25, 0.3) is 0 Å². The van der Waals surface area contributed by atoms with E-state index < -0.39 is 17.5 Å². The summed E-state index contributed by atoms with van der Waals surface area (Å²) in [6, 6.07) is 26.2. The molecule has 0 aliphatic carbocycles. The van der Waals surface area contributed by atoms with E-state index in [2.05, 4.69) is 30.8 Å². The fraction of sp³-hybridized carbons (Fsp3) is 0.390. The zero-order chi connectivity index (χ0) is 38.9. The monoisotopic (exact) mass is 804 g/mol. The Morgan fingerprint density at radius 2 is 1.15 bits per heavy atom. The van der Waals surface area contributed by atoms with E-state index in [9.17, 15) is 14.4 Å². The molecule has 54 heavy (non-hydrogen) atoms. The number of pyridine rings is 2. The van der Waals surface area contributed by atoms with Crippen LogP contribution in [-0.4, -0.2) is 108 Å². The molecule has 1 saturated heterocycles. The Kier molecular flexibility index (Phi) is 16.3. The average Bonchev–Trinajstić information content (AvgIpc) is 3.17. The fourth-order valence-electron chi connectivity index (χ4n) is 5.24. The average molecular weight is 806 g/mol. The highest BCUT2D eigenvalue weighted by atomic mass is 79.9. The number of alkyl halides is 1. The molecule has 1 amide bonds. The molecule has 2 aromatic heterocycles. The highest BCUT2D eigenvalue weighted by Crippen LogP contribution is 2.25. The number of nitrogens with zero attached hydrogens (tertiary/aromatic N) is 4. The molecular formula is C41H49BrN4O8. The van der Waals surface area contributed by atoms with Gasteiger partial charge in [0.1, 0.15) is 23.7 Å². The van der Waals surface area contributed by atoms with Gasteiger partial charge in [0.05, 0.1) is 31.2 Å². The van der Waals surface area contributed by atoms with Crippen LogP contribution in [0, 0.1) is 0 Å². The normalized spacial score (nSPS) is 12.9. The highest BCUT2D eigenvalue weighted by molar-refractivity contribution is 9.09. The maximum Gasteiger partial charge on any atom is 0.410 e. The number of amides is 1. The van der Waals surface area contributed by atoms with Crippen LogP contribution in [0.15, 0.2) is 84.9 Å². The van der Waals surface area contributed by atoms with Gasteiger partial charge >= 0.3 is 18.0 Å². The number of hydrogen-bond donors (Lipinski definition) is 0. The molecule has 5 rings (SSSR count). The third kappa shape index (κ3) is 13.4. The fourth-order valence-corrected chi connectivity index (χ4v) is 5.40. The van der Waals surface area contributed by atoms with Gasteiger partial charge in [-0.1, -0.05) is 76.6 Å². The minimum atomic E-state index is -0.492. The Bertz CT molecular complexity index is 1800. The van der Waals surface area contributed by atoms with Crippen molar-refractivity contribution >= 4 is 34.0 Å². The third-order valence-electron chi connectivity index (χ3n) is 7.75. The van der Waals surface area contributed by atoms with Crippen LogP contribution >= 0.6 is 15.9 Å². The lowest BCUT2D eigenvalue weighted by atomic mass is 10.1. The second kappa shape index (κ2) is 21.0. The molecule has 1 aliphatic heterocycles. The van der Waals surface area contributed by atoms with Crippen molar-refractivity contribution in [3.05, 3.63) is 96.3 Å². The van der Waals surface area contributed by atoms with Crippen LogP contribution in [0.1, 0.15) is 55.6 Å². The Morgan fingerprint density at radius 1 is 0.685 bits per heavy atom. The van der Waals surface area contributed by atoms with Gasteiger partial charge < -0.3 is 28.6 Å². The first-order chi connectivity index (χ1) is 26.0. The molecule has 1 fully saturated rings. The lowest BCUT2D eigenvalue weighted by Gasteiger charge is -2.35. The minimum Gasteiger partial charge on any atom is -0.493 e. The summed E-state index contributed by atoms with van der Waals surface area (Å²) in [7, 11) is 0. The maximum atomic E-state index is 12.3. The molecule has 288 valence electrons. The van der Waals surface area contributed by atoms with Crippen molar-refractivity contribution in [1.29, 1.82) is 0 Å². The van der Waals surface area contributed by atoms with E-state index in [1.165, 1.54) is 0 Å². The van der Waals surface area contributed by atoms with E-state index in [0.717, 1.165) is 24.2 Å². The van der Waals surface area contributed by atoms with Crippen molar-refractivity contribution in [2.45, 2.75) is 40.2 Å². The molecular weight excluding hydrogens is 756 g/mol. The van der Waals surface area contributed by atoms with Crippen LogP contribution in [0.3, 0.4) is 0 Å². The zero-order valence-electron chi connectivity index (χ0n) is 31.6. The first kappa shape index (κ1) is 41.7. The van der Waals surface area contributed by atoms with Gasteiger partial charge in [-0.05, 0) is 34.6 Å². The molecule has 4 aromatic rings. The number of carbonyl (C=O) groups is 3. The van der Waals surface area contributed by atoms with Gasteiger partial charge in [0.2, 0.25) is 0 Å². The smallest absolute Gasteiger partial charge is 0.410 e. The Morgan fingerprint density at radius 3 is 1.57 bits per heavy atom. The first-order valence-corrected chi connectivity index (χ1v) is 19.1. The van der Waals surface area contributed by atoms with E-state index in [-0.39, 0.29) is 24.1 Å². The van der Waals surface area contributed by atoms with Crippen LogP contribution in [0.25, 0.3) is 22.5 Å². The summed E-state index contributed by atoms with van der Waals surface area (Å²) in [4.78, 5) is 49.2. The molecule has 0 bridgehead atoms. The molecule has 0 atom stereocenters. The number of hydrogen-bond acceptors (Lipinski definition) is 11. The van der Waals surface area contributed by atoms with Crippen molar-refractivity contribution in [3.8, 4) is 34.0 Å².